The van der Waals surface area contributed by atoms with Gasteiger partial charge in [0, 0.05) is 48.2 Å². The monoisotopic (exact) mass is 500 g/mol. The highest BCUT2D eigenvalue weighted by atomic mass is 35.5. The van der Waals surface area contributed by atoms with Crippen LogP contribution in [-0.4, -0.2) is 79.0 Å². The SMILES string of the molecule is O=C(N[C@H](CN1CCCC1)[C@H](O)c1ccc(OC2COC2)nc1)[C@@H]1CCN(c2ccc(Cl)cc2)C1. The van der Waals surface area contributed by atoms with Crippen molar-refractivity contribution in [3.63, 3.8) is 0 Å². The van der Waals surface area contributed by atoms with Gasteiger partial charge in [0.2, 0.25) is 11.8 Å². The molecule has 0 radical (unpaired) electrons. The zero-order chi connectivity index (χ0) is 24.2. The molecule has 3 aliphatic heterocycles. The number of rotatable bonds is 9. The summed E-state index contributed by atoms with van der Waals surface area (Å²) < 4.78 is 10.9. The number of amides is 1. The van der Waals surface area contributed by atoms with Gasteiger partial charge >= 0.3 is 0 Å². The van der Waals surface area contributed by atoms with Crippen LogP contribution in [0.5, 0.6) is 5.88 Å². The molecule has 0 bridgehead atoms. The molecule has 0 aliphatic carbocycles. The van der Waals surface area contributed by atoms with Gasteiger partial charge in [0.05, 0.1) is 25.2 Å². The van der Waals surface area contributed by atoms with E-state index in [1.165, 1.54) is 0 Å². The Labute approximate surface area is 211 Å². The van der Waals surface area contributed by atoms with E-state index < -0.39 is 12.1 Å². The quantitative estimate of drug-likeness (QED) is 0.547. The highest BCUT2D eigenvalue weighted by molar-refractivity contribution is 6.30. The molecule has 0 saturated carbocycles. The van der Waals surface area contributed by atoms with Crippen LogP contribution >= 0.6 is 11.6 Å². The smallest absolute Gasteiger partial charge is 0.225 e. The Bertz CT molecular complexity index is 980. The number of hydrogen-bond acceptors (Lipinski definition) is 7. The summed E-state index contributed by atoms with van der Waals surface area (Å²) in [7, 11) is 0. The molecule has 1 aromatic carbocycles. The van der Waals surface area contributed by atoms with Crippen LogP contribution < -0.4 is 15.0 Å². The van der Waals surface area contributed by atoms with Crippen molar-refractivity contribution in [2.45, 2.75) is 37.5 Å². The van der Waals surface area contributed by atoms with Crippen LogP contribution in [0.3, 0.4) is 0 Å². The first-order valence-corrected chi connectivity index (χ1v) is 12.8. The average Bonchev–Trinajstić information content (AvgIpc) is 3.54. The number of carbonyl (C=O) groups excluding carboxylic acids is 1. The lowest BCUT2D eigenvalue weighted by molar-refractivity contribution is -0.126. The second-order valence-electron chi connectivity index (χ2n) is 9.68. The molecule has 35 heavy (non-hydrogen) atoms. The zero-order valence-electron chi connectivity index (χ0n) is 19.8. The van der Waals surface area contributed by atoms with Crippen LogP contribution in [0.1, 0.15) is 30.9 Å². The van der Waals surface area contributed by atoms with Crippen molar-refractivity contribution in [2.75, 3.05) is 50.8 Å². The topological polar surface area (TPSA) is 87.2 Å². The maximum absolute atomic E-state index is 13.3. The average molecular weight is 501 g/mol. The number of ether oxygens (including phenoxy) is 2. The molecule has 3 aliphatic rings. The Hall–Kier alpha value is -2.39. The number of benzene rings is 1. The van der Waals surface area contributed by atoms with Gasteiger partial charge in [-0.05, 0) is 62.7 Å². The fraction of sp³-hybridized carbons (Fsp3) is 0.538. The third-order valence-corrected chi connectivity index (χ3v) is 7.36. The summed E-state index contributed by atoms with van der Waals surface area (Å²) in [4.78, 5) is 22.2. The van der Waals surface area contributed by atoms with E-state index in [0.717, 1.165) is 44.6 Å². The predicted octanol–water partition coefficient (Wildman–Crippen LogP) is 2.65. The lowest BCUT2D eigenvalue weighted by atomic mass is 10.0. The maximum Gasteiger partial charge on any atom is 0.225 e. The molecule has 2 aromatic rings. The van der Waals surface area contributed by atoms with Crippen molar-refractivity contribution >= 4 is 23.2 Å². The molecule has 1 amide bonds. The number of hydrogen-bond donors (Lipinski definition) is 2. The molecule has 8 nitrogen and oxygen atoms in total. The summed E-state index contributed by atoms with van der Waals surface area (Å²) in [6.45, 7) is 5.20. The van der Waals surface area contributed by atoms with E-state index in [9.17, 15) is 9.90 Å². The van der Waals surface area contributed by atoms with Gasteiger partial charge in [-0.25, -0.2) is 4.98 Å². The number of nitrogens with one attached hydrogen (secondary N) is 1. The van der Waals surface area contributed by atoms with Gasteiger partial charge in [0.15, 0.2) is 0 Å². The number of likely N-dealkylation sites (tertiary alicyclic amines) is 1. The molecule has 188 valence electrons. The van der Waals surface area contributed by atoms with Crippen LogP contribution in [0.4, 0.5) is 5.69 Å². The van der Waals surface area contributed by atoms with Crippen LogP contribution in [0, 0.1) is 5.92 Å². The highest BCUT2D eigenvalue weighted by Crippen LogP contribution is 2.27. The zero-order valence-corrected chi connectivity index (χ0v) is 20.6. The van der Waals surface area contributed by atoms with E-state index >= 15 is 0 Å². The van der Waals surface area contributed by atoms with Crippen molar-refractivity contribution in [2.24, 2.45) is 5.92 Å². The largest absolute Gasteiger partial charge is 0.469 e. The fourth-order valence-electron chi connectivity index (χ4n) is 4.95. The van der Waals surface area contributed by atoms with E-state index in [4.69, 9.17) is 21.1 Å². The minimum atomic E-state index is -0.859. The Morgan fingerprint density at radius 3 is 2.60 bits per heavy atom. The summed E-state index contributed by atoms with van der Waals surface area (Å²) in [5, 5.41) is 15.1. The number of halogens is 1. The fourth-order valence-corrected chi connectivity index (χ4v) is 5.08. The second kappa shape index (κ2) is 11.1. The summed E-state index contributed by atoms with van der Waals surface area (Å²) in [6, 6.07) is 10.9. The molecule has 1 aromatic heterocycles. The van der Waals surface area contributed by atoms with Crippen molar-refractivity contribution in [3.05, 3.63) is 53.2 Å². The molecule has 5 rings (SSSR count). The molecule has 3 atom stereocenters. The van der Waals surface area contributed by atoms with Crippen LogP contribution in [0.25, 0.3) is 0 Å². The number of nitrogens with zero attached hydrogens (tertiary/aromatic N) is 3. The molecule has 9 heteroatoms. The van der Waals surface area contributed by atoms with E-state index in [1.807, 2.05) is 30.3 Å². The molecular weight excluding hydrogens is 468 g/mol. The number of aliphatic hydroxyl groups is 1. The van der Waals surface area contributed by atoms with E-state index in [2.05, 4.69) is 20.1 Å². The van der Waals surface area contributed by atoms with E-state index in [1.54, 1.807) is 12.3 Å². The lowest BCUT2D eigenvalue weighted by Crippen LogP contribution is -2.48. The summed E-state index contributed by atoms with van der Waals surface area (Å²) >= 11 is 6.02. The second-order valence-corrected chi connectivity index (χ2v) is 10.1. The standard InChI is InChI=1S/C26H33ClN4O4/c27-20-4-6-21(7-5-20)31-12-9-19(14-31)26(33)29-23(15-30-10-1-2-11-30)25(32)18-3-8-24(28-13-18)35-22-16-34-17-22/h3-8,13,19,22-23,25,32H,1-2,9-12,14-17H2,(H,29,33)/t19-,23-,25-/m1/s1. The van der Waals surface area contributed by atoms with Gasteiger partial charge in [-0.2, -0.15) is 0 Å². The summed E-state index contributed by atoms with van der Waals surface area (Å²) in [6.07, 6.45) is 3.89. The van der Waals surface area contributed by atoms with Crippen molar-refractivity contribution in [3.8, 4) is 5.88 Å². The van der Waals surface area contributed by atoms with Crippen LogP contribution in [0.15, 0.2) is 42.6 Å². The first-order chi connectivity index (χ1) is 17.0. The number of aromatic nitrogens is 1. The van der Waals surface area contributed by atoms with Gasteiger partial charge in [-0.3, -0.25) is 4.79 Å². The Balaban J connectivity index is 1.23. The minimum absolute atomic E-state index is 0.0115. The van der Waals surface area contributed by atoms with E-state index in [0.29, 0.717) is 42.8 Å². The molecular formula is C26H33ClN4O4. The molecule has 4 heterocycles. The number of pyridine rings is 1. The number of aliphatic hydroxyl groups excluding tert-OH is 1. The molecule has 3 fully saturated rings. The highest BCUT2D eigenvalue weighted by Gasteiger charge is 2.33. The van der Waals surface area contributed by atoms with Gasteiger partial charge in [-0.1, -0.05) is 11.6 Å². The lowest BCUT2D eigenvalue weighted by Gasteiger charge is -2.30. The Morgan fingerprint density at radius 1 is 1.17 bits per heavy atom. The first kappa shape index (κ1) is 24.3. The van der Waals surface area contributed by atoms with Crippen LogP contribution in [0.2, 0.25) is 5.02 Å². The molecule has 0 unspecified atom stereocenters. The first-order valence-electron chi connectivity index (χ1n) is 12.5. The minimum Gasteiger partial charge on any atom is -0.469 e. The van der Waals surface area contributed by atoms with Gasteiger partial charge in [-0.15, -0.1) is 0 Å². The molecule has 3 saturated heterocycles. The maximum atomic E-state index is 13.3. The third kappa shape index (κ3) is 6.06. The molecule has 2 N–H and O–H groups in total. The normalized spacial score (nSPS) is 22.6. The predicted molar refractivity (Wildman–Crippen MR) is 134 cm³/mol. The Kier molecular flexibility index (Phi) is 7.72. The molecule has 0 spiro atoms. The number of anilines is 1. The van der Waals surface area contributed by atoms with Crippen molar-refractivity contribution < 1.29 is 19.4 Å². The Morgan fingerprint density at radius 2 is 1.94 bits per heavy atom. The van der Waals surface area contributed by atoms with Crippen LogP contribution in [-0.2, 0) is 9.53 Å². The summed E-state index contributed by atoms with van der Waals surface area (Å²) in [5.41, 5.74) is 1.74. The third-order valence-electron chi connectivity index (χ3n) is 7.11. The number of carbonyl (C=O) groups is 1. The van der Waals surface area contributed by atoms with E-state index in [-0.39, 0.29) is 17.9 Å². The van der Waals surface area contributed by atoms with Gasteiger partial charge in [0.25, 0.3) is 0 Å². The summed E-state index contributed by atoms with van der Waals surface area (Å²) in [5.74, 6) is 0.378. The van der Waals surface area contributed by atoms with Gasteiger partial charge < -0.3 is 29.7 Å². The van der Waals surface area contributed by atoms with Crippen molar-refractivity contribution in [1.82, 2.24) is 15.2 Å². The van der Waals surface area contributed by atoms with Crippen molar-refractivity contribution in [1.29, 1.82) is 0 Å². The van der Waals surface area contributed by atoms with Gasteiger partial charge in [0.1, 0.15) is 12.2 Å².